The number of aliphatic imine (C=N–C) groups is 1. The minimum atomic E-state index is 0. The quantitative estimate of drug-likeness (QED) is 0.366. The van der Waals surface area contributed by atoms with Gasteiger partial charge in [-0.25, -0.2) is 0 Å². The van der Waals surface area contributed by atoms with Gasteiger partial charge in [0.25, 0.3) is 0 Å². The minimum Gasteiger partial charge on any atom is -0.352 e. The molecule has 2 aromatic rings. The average molecular weight is 496 g/mol. The summed E-state index contributed by atoms with van der Waals surface area (Å²) in [5, 5.41) is 10.9. The van der Waals surface area contributed by atoms with Crippen molar-refractivity contribution in [3.63, 3.8) is 0 Å². The van der Waals surface area contributed by atoms with Crippen LogP contribution in [0.2, 0.25) is 0 Å². The maximum absolute atomic E-state index is 4.29. The van der Waals surface area contributed by atoms with Gasteiger partial charge in [-0.15, -0.1) is 24.0 Å². The first-order valence-corrected chi connectivity index (χ1v) is 9.96. The van der Waals surface area contributed by atoms with Gasteiger partial charge in [-0.1, -0.05) is 37.1 Å². The summed E-state index contributed by atoms with van der Waals surface area (Å²) in [6.45, 7) is 5.01. The number of aryl methyl sites for hydroxylation is 1. The number of hydrogen-bond acceptors (Lipinski definition) is 3. The molecule has 0 atom stereocenters. The van der Waals surface area contributed by atoms with Gasteiger partial charge >= 0.3 is 0 Å². The zero-order valence-corrected chi connectivity index (χ0v) is 19.4. The normalized spacial score (nSPS) is 15.6. The van der Waals surface area contributed by atoms with Crippen molar-refractivity contribution in [2.75, 3.05) is 20.1 Å². The van der Waals surface area contributed by atoms with Crippen LogP contribution in [0.5, 0.6) is 0 Å². The molecule has 3 rings (SSSR count). The van der Waals surface area contributed by atoms with E-state index >= 15 is 0 Å². The number of halogens is 1. The average Bonchev–Trinajstić information content (AvgIpc) is 2.93. The molecule has 0 bridgehead atoms. The Morgan fingerprint density at radius 3 is 2.21 bits per heavy atom. The monoisotopic (exact) mass is 496 g/mol. The molecular formula is C21H33IN6. The number of hydrogen-bond donors (Lipinski definition) is 2. The fourth-order valence-corrected chi connectivity index (χ4v) is 3.47. The molecule has 6 nitrogen and oxygen atoms in total. The highest BCUT2D eigenvalue weighted by Gasteiger charge is 2.09. The Morgan fingerprint density at radius 2 is 1.61 bits per heavy atom. The molecule has 0 spiro atoms. The fraction of sp³-hybridized carbons (Fsp3) is 0.524. The van der Waals surface area contributed by atoms with Crippen LogP contribution in [0.3, 0.4) is 0 Å². The molecule has 154 valence electrons. The van der Waals surface area contributed by atoms with E-state index in [2.05, 4.69) is 49.9 Å². The summed E-state index contributed by atoms with van der Waals surface area (Å²) in [4.78, 5) is 6.88. The van der Waals surface area contributed by atoms with E-state index in [9.17, 15) is 0 Å². The molecule has 2 N–H and O–H groups in total. The van der Waals surface area contributed by atoms with Gasteiger partial charge < -0.3 is 10.6 Å². The third-order valence-corrected chi connectivity index (χ3v) is 5.17. The predicted octanol–water partition coefficient (Wildman–Crippen LogP) is 3.28. The molecule has 0 saturated carbocycles. The summed E-state index contributed by atoms with van der Waals surface area (Å²) < 4.78 is 1.86. The summed E-state index contributed by atoms with van der Waals surface area (Å²) >= 11 is 0. The summed E-state index contributed by atoms with van der Waals surface area (Å²) in [7, 11) is 3.74. The fourth-order valence-electron chi connectivity index (χ4n) is 3.47. The Labute approximate surface area is 185 Å². The smallest absolute Gasteiger partial charge is 0.191 e. The van der Waals surface area contributed by atoms with Crippen molar-refractivity contribution >= 4 is 29.9 Å². The summed E-state index contributed by atoms with van der Waals surface area (Å²) in [5.41, 5.74) is 3.79. The van der Waals surface area contributed by atoms with Crippen LogP contribution in [0.25, 0.3) is 0 Å². The van der Waals surface area contributed by atoms with E-state index < -0.39 is 0 Å². The lowest BCUT2D eigenvalue weighted by Gasteiger charge is -2.20. The van der Waals surface area contributed by atoms with E-state index in [1.807, 2.05) is 17.8 Å². The summed E-state index contributed by atoms with van der Waals surface area (Å²) in [6, 6.07) is 11.0. The van der Waals surface area contributed by atoms with Gasteiger partial charge in [0.2, 0.25) is 0 Å². The Balaban J connectivity index is 0.00000280. The Hall–Kier alpha value is -1.61. The number of benzene rings is 1. The van der Waals surface area contributed by atoms with Crippen LogP contribution < -0.4 is 10.6 Å². The molecule has 0 aliphatic carbocycles. The molecule has 0 amide bonds. The standard InChI is InChI=1S/C21H32N6.HI/c1-22-21(24-16-20-11-12-25-26(20)2)23-15-18-7-9-19(10-8-18)17-27-13-5-3-4-6-14-27;/h7-12H,3-6,13-17H2,1-2H3,(H2,22,23,24);1H. The van der Waals surface area contributed by atoms with Crippen LogP contribution >= 0.6 is 24.0 Å². The Morgan fingerprint density at radius 1 is 0.964 bits per heavy atom. The molecule has 0 radical (unpaired) electrons. The molecule has 7 heteroatoms. The Kier molecular flexibility index (Phi) is 9.77. The second-order valence-corrected chi connectivity index (χ2v) is 7.23. The highest BCUT2D eigenvalue weighted by atomic mass is 127. The zero-order chi connectivity index (χ0) is 18.9. The van der Waals surface area contributed by atoms with Crippen LogP contribution in [0.1, 0.15) is 42.5 Å². The largest absolute Gasteiger partial charge is 0.352 e. The molecule has 1 aromatic heterocycles. The van der Waals surface area contributed by atoms with Crippen molar-refractivity contribution in [2.45, 2.75) is 45.3 Å². The lowest BCUT2D eigenvalue weighted by Crippen LogP contribution is -2.36. The number of nitrogens with one attached hydrogen (secondary N) is 2. The van der Waals surface area contributed by atoms with Gasteiger partial charge in [0, 0.05) is 33.4 Å². The number of guanidine groups is 1. The predicted molar refractivity (Wildman–Crippen MR) is 126 cm³/mol. The lowest BCUT2D eigenvalue weighted by atomic mass is 10.1. The topological polar surface area (TPSA) is 57.5 Å². The van der Waals surface area contributed by atoms with Crippen molar-refractivity contribution in [2.24, 2.45) is 12.0 Å². The van der Waals surface area contributed by atoms with Gasteiger partial charge in [0.05, 0.1) is 12.2 Å². The summed E-state index contributed by atoms with van der Waals surface area (Å²) in [5.74, 6) is 0.796. The molecule has 1 saturated heterocycles. The van der Waals surface area contributed by atoms with Crippen LogP contribution in [-0.4, -0.2) is 40.8 Å². The maximum atomic E-state index is 4.29. The maximum Gasteiger partial charge on any atom is 0.191 e. The first-order chi connectivity index (χ1) is 13.2. The molecule has 1 aliphatic heterocycles. The van der Waals surface area contributed by atoms with Crippen molar-refractivity contribution in [1.29, 1.82) is 0 Å². The Bertz CT molecular complexity index is 717. The second kappa shape index (κ2) is 12.1. The third kappa shape index (κ3) is 7.09. The van der Waals surface area contributed by atoms with Crippen molar-refractivity contribution < 1.29 is 0 Å². The SMILES string of the molecule is CN=C(NCc1ccc(CN2CCCCCC2)cc1)NCc1ccnn1C.I. The summed E-state index contributed by atoms with van der Waals surface area (Å²) in [6.07, 6.45) is 7.26. The van der Waals surface area contributed by atoms with Crippen LogP contribution in [-0.2, 0) is 26.7 Å². The van der Waals surface area contributed by atoms with E-state index in [1.54, 1.807) is 13.2 Å². The molecule has 28 heavy (non-hydrogen) atoms. The first-order valence-electron chi connectivity index (χ1n) is 9.96. The zero-order valence-electron chi connectivity index (χ0n) is 17.0. The van der Waals surface area contributed by atoms with E-state index in [0.29, 0.717) is 6.54 Å². The van der Waals surface area contributed by atoms with E-state index in [1.165, 1.54) is 49.9 Å². The van der Waals surface area contributed by atoms with E-state index in [0.717, 1.165) is 24.7 Å². The van der Waals surface area contributed by atoms with E-state index in [4.69, 9.17) is 0 Å². The van der Waals surface area contributed by atoms with Crippen molar-refractivity contribution in [1.82, 2.24) is 25.3 Å². The van der Waals surface area contributed by atoms with Gasteiger partial charge in [-0.3, -0.25) is 14.6 Å². The number of aromatic nitrogens is 2. The van der Waals surface area contributed by atoms with Crippen LogP contribution in [0.4, 0.5) is 0 Å². The molecule has 1 aliphatic rings. The molecule has 1 aromatic carbocycles. The molecule has 0 unspecified atom stereocenters. The minimum absolute atomic E-state index is 0. The lowest BCUT2D eigenvalue weighted by molar-refractivity contribution is 0.277. The molecular weight excluding hydrogens is 463 g/mol. The van der Waals surface area contributed by atoms with Crippen LogP contribution in [0, 0.1) is 0 Å². The molecule has 2 heterocycles. The van der Waals surface area contributed by atoms with Crippen molar-refractivity contribution in [3.05, 3.63) is 53.3 Å². The number of likely N-dealkylation sites (tertiary alicyclic amines) is 1. The van der Waals surface area contributed by atoms with Gasteiger partial charge in [0.1, 0.15) is 0 Å². The highest BCUT2D eigenvalue weighted by Crippen LogP contribution is 2.13. The number of nitrogens with zero attached hydrogens (tertiary/aromatic N) is 4. The van der Waals surface area contributed by atoms with Crippen molar-refractivity contribution in [3.8, 4) is 0 Å². The van der Waals surface area contributed by atoms with Gasteiger partial charge in [-0.05, 0) is 43.1 Å². The molecule has 1 fully saturated rings. The highest BCUT2D eigenvalue weighted by molar-refractivity contribution is 14.0. The second-order valence-electron chi connectivity index (χ2n) is 7.23. The van der Waals surface area contributed by atoms with Crippen LogP contribution in [0.15, 0.2) is 41.5 Å². The third-order valence-electron chi connectivity index (χ3n) is 5.17. The van der Waals surface area contributed by atoms with E-state index in [-0.39, 0.29) is 24.0 Å². The van der Waals surface area contributed by atoms with Gasteiger partial charge in [0.15, 0.2) is 5.96 Å². The first kappa shape index (κ1) is 22.7. The number of rotatable bonds is 6. The van der Waals surface area contributed by atoms with Gasteiger partial charge in [-0.2, -0.15) is 5.10 Å².